The van der Waals surface area contributed by atoms with Crippen molar-refractivity contribution in [3.63, 3.8) is 0 Å². The number of anilines is 1. The molecule has 0 saturated carbocycles. The molecule has 0 radical (unpaired) electrons. The van der Waals surface area contributed by atoms with Gasteiger partial charge in [-0.2, -0.15) is 5.10 Å². The largest absolute Gasteiger partial charge is 0.489 e. The van der Waals surface area contributed by atoms with E-state index in [1.165, 1.54) is 36.7 Å². The van der Waals surface area contributed by atoms with Crippen molar-refractivity contribution in [2.24, 2.45) is 5.10 Å². The van der Waals surface area contributed by atoms with E-state index in [0.717, 1.165) is 11.1 Å². The normalized spacial score (nSPS) is 10.6. The number of aromatic nitrogens is 1. The summed E-state index contributed by atoms with van der Waals surface area (Å²) < 4.78 is 5.67. The molecule has 0 aliphatic carbocycles. The lowest BCUT2D eigenvalue weighted by molar-refractivity contribution is -0.384. The summed E-state index contributed by atoms with van der Waals surface area (Å²) in [6.07, 6.45) is 2.94. The van der Waals surface area contributed by atoms with Gasteiger partial charge in [0.2, 0.25) is 5.82 Å². The van der Waals surface area contributed by atoms with E-state index in [4.69, 9.17) is 9.84 Å². The highest BCUT2D eigenvalue weighted by Crippen LogP contribution is 2.20. The highest BCUT2D eigenvalue weighted by molar-refractivity contribution is 5.87. The number of carboxylic acids is 1. The van der Waals surface area contributed by atoms with E-state index in [1.54, 1.807) is 36.4 Å². The fourth-order valence-corrected chi connectivity index (χ4v) is 2.36. The van der Waals surface area contributed by atoms with Crippen molar-refractivity contribution in [1.82, 2.24) is 4.98 Å². The third-order valence-corrected chi connectivity index (χ3v) is 3.85. The minimum atomic E-state index is -0.970. The molecule has 0 bridgehead atoms. The Labute approximate surface area is 165 Å². The number of carbonyl (C=O) groups is 1. The van der Waals surface area contributed by atoms with Gasteiger partial charge in [-0.3, -0.25) is 15.5 Å². The van der Waals surface area contributed by atoms with Gasteiger partial charge < -0.3 is 9.84 Å². The number of carboxylic acid groups (broad SMARTS) is 1. The highest BCUT2D eigenvalue weighted by atomic mass is 16.6. The Hall–Kier alpha value is -4.27. The number of rotatable bonds is 8. The van der Waals surface area contributed by atoms with Crippen LogP contribution in [0, 0.1) is 10.1 Å². The van der Waals surface area contributed by atoms with E-state index in [2.05, 4.69) is 15.5 Å². The predicted molar refractivity (Wildman–Crippen MR) is 106 cm³/mol. The second-order valence-corrected chi connectivity index (χ2v) is 5.86. The molecule has 2 aromatic carbocycles. The lowest BCUT2D eigenvalue weighted by atomic mass is 10.1. The summed E-state index contributed by atoms with van der Waals surface area (Å²) in [5, 5.41) is 23.8. The number of benzene rings is 2. The maximum Gasteiger partial charge on any atom is 0.335 e. The maximum absolute atomic E-state index is 10.9. The van der Waals surface area contributed by atoms with Crippen molar-refractivity contribution in [3.05, 3.63) is 93.7 Å². The zero-order chi connectivity index (χ0) is 20.6. The summed E-state index contributed by atoms with van der Waals surface area (Å²) in [7, 11) is 0. The fourth-order valence-electron chi connectivity index (χ4n) is 2.36. The zero-order valence-corrected chi connectivity index (χ0v) is 15.1. The van der Waals surface area contributed by atoms with Gasteiger partial charge in [-0.15, -0.1) is 0 Å². The summed E-state index contributed by atoms with van der Waals surface area (Å²) in [5.74, 6) is -0.276. The van der Waals surface area contributed by atoms with Crippen molar-refractivity contribution in [1.29, 1.82) is 0 Å². The van der Waals surface area contributed by atoms with E-state index in [9.17, 15) is 14.9 Å². The first-order chi connectivity index (χ1) is 14.0. The minimum Gasteiger partial charge on any atom is -0.489 e. The number of ether oxygens (including phenoxy) is 1. The molecule has 1 aromatic heterocycles. The molecule has 0 saturated heterocycles. The molecular formula is C20H16N4O5. The minimum absolute atomic E-state index is 0.0580. The SMILES string of the molecule is O=C(O)c1ccc(COc2ccc(/C=N\Nc3ncccc3[N+](=O)[O-])cc2)cc1. The fraction of sp³-hybridized carbons (Fsp3) is 0.0500. The van der Waals surface area contributed by atoms with Crippen LogP contribution in [0.25, 0.3) is 0 Å². The van der Waals surface area contributed by atoms with Crippen molar-refractivity contribution < 1.29 is 19.6 Å². The molecule has 3 aromatic rings. The van der Waals surface area contributed by atoms with Crippen LogP contribution < -0.4 is 10.2 Å². The molecule has 146 valence electrons. The van der Waals surface area contributed by atoms with Crippen LogP contribution in [-0.2, 0) is 6.61 Å². The number of nitrogens with zero attached hydrogens (tertiary/aromatic N) is 3. The van der Waals surface area contributed by atoms with E-state index in [1.807, 2.05) is 0 Å². The first-order valence-corrected chi connectivity index (χ1v) is 8.46. The van der Waals surface area contributed by atoms with Crippen molar-refractivity contribution in [2.45, 2.75) is 6.61 Å². The van der Waals surface area contributed by atoms with Crippen LogP contribution in [0.4, 0.5) is 11.5 Å². The summed E-state index contributed by atoms with van der Waals surface area (Å²) in [5.41, 5.74) is 4.23. The van der Waals surface area contributed by atoms with Crippen molar-refractivity contribution in [3.8, 4) is 5.75 Å². The number of hydrazone groups is 1. The van der Waals surface area contributed by atoms with Gasteiger partial charge in [0.25, 0.3) is 0 Å². The molecule has 0 aliphatic heterocycles. The molecule has 0 atom stereocenters. The summed E-state index contributed by atoms with van der Waals surface area (Å²) in [6, 6.07) is 16.4. The lowest BCUT2D eigenvalue weighted by Gasteiger charge is -2.07. The van der Waals surface area contributed by atoms with Crippen LogP contribution in [-0.4, -0.2) is 27.2 Å². The monoisotopic (exact) mass is 392 g/mol. The van der Waals surface area contributed by atoms with Crippen LogP contribution in [0.15, 0.2) is 72.0 Å². The Morgan fingerprint density at radius 2 is 1.90 bits per heavy atom. The maximum atomic E-state index is 10.9. The topological polar surface area (TPSA) is 127 Å². The quantitative estimate of drug-likeness (QED) is 0.340. The van der Waals surface area contributed by atoms with E-state index >= 15 is 0 Å². The summed E-state index contributed by atoms with van der Waals surface area (Å²) >= 11 is 0. The summed E-state index contributed by atoms with van der Waals surface area (Å²) in [4.78, 5) is 25.1. The number of nitro groups is 1. The Morgan fingerprint density at radius 1 is 1.17 bits per heavy atom. The Balaban J connectivity index is 1.55. The van der Waals surface area contributed by atoms with E-state index < -0.39 is 10.9 Å². The number of nitrogens with one attached hydrogen (secondary N) is 1. The van der Waals surface area contributed by atoms with Crippen LogP contribution in [0.5, 0.6) is 5.75 Å². The molecule has 0 aliphatic rings. The predicted octanol–water partition coefficient (Wildman–Crippen LogP) is 3.71. The van der Waals surface area contributed by atoms with Gasteiger partial charge in [0.1, 0.15) is 12.4 Å². The molecule has 29 heavy (non-hydrogen) atoms. The Bertz CT molecular complexity index is 1030. The zero-order valence-electron chi connectivity index (χ0n) is 15.1. The second kappa shape index (κ2) is 9.09. The molecular weight excluding hydrogens is 376 g/mol. The molecule has 0 amide bonds. The Kier molecular flexibility index (Phi) is 6.11. The van der Waals surface area contributed by atoms with Crippen LogP contribution >= 0.6 is 0 Å². The third-order valence-electron chi connectivity index (χ3n) is 3.85. The number of hydrogen-bond donors (Lipinski definition) is 2. The molecule has 2 N–H and O–H groups in total. The smallest absolute Gasteiger partial charge is 0.335 e. The van der Waals surface area contributed by atoms with Gasteiger partial charge in [0.15, 0.2) is 0 Å². The van der Waals surface area contributed by atoms with E-state index in [-0.39, 0.29) is 17.1 Å². The van der Waals surface area contributed by atoms with Crippen LogP contribution in [0.1, 0.15) is 21.5 Å². The molecule has 0 spiro atoms. The molecule has 9 nitrogen and oxygen atoms in total. The van der Waals surface area contributed by atoms with Crippen LogP contribution in [0.3, 0.4) is 0 Å². The number of aromatic carboxylic acids is 1. The highest BCUT2D eigenvalue weighted by Gasteiger charge is 2.12. The standard InChI is InChI=1S/C20H16N4O5/c25-20(26)16-7-3-15(4-8-16)13-29-17-9-5-14(6-10-17)12-22-23-19-18(24(27)28)2-1-11-21-19/h1-12H,13H2,(H,21,23)(H,25,26)/b22-12-. The van der Waals surface area contributed by atoms with Gasteiger partial charge >= 0.3 is 11.7 Å². The average Bonchev–Trinajstić information content (AvgIpc) is 2.73. The molecule has 1 heterocycles. The van der Waals surface area contributed by atoms with Gasteiger partial charge in [0.05, 0.1) is 16.7 Å². The third kappa shape index (κ3) is 5.36. The molecule has 0 unspecified atom stereocenters. The number of hydrogen-bond acceptors (Lipinski definition) is 7. The van der Waals surface area contributed by atoms with Gasteiger partial charge in [0, 0.05) is 12.3 Å². The average molecular weight is 392 g/mol. The Morgan fingerprint density at radius 3 is 2.55 bits per heavy atom. The molecule has 3 rings (SSSR count). The van der Waals surface area contributed by atoms with Crippen molar-refractivity contribution in [2.75, 3.05) is 5.43 Å². The summed E-state index contributed by atoms with van der Waals surface area (Å²) in [6.45, 7) is 0.304. The molecule has 0 fully saturated rings. The second-order valence-electron chi connectivity index (χ2n) is 5.86. The van der Waals surface area contributed by atoms with Gasteiger partial charge in [-0.05, 0) is 53.6 Å². The van der Waals surface area contributed by atoms with Crippen molar-refractivity contribution >= 4 is 23.7 Å². The van der Waals surface area contributed by atoms with Gasteiger partial charge in [-0.1, -0.05) is 12.1 Å². The number of pyridine rings is 1. The lowest BCUT2D eigenvalue weighted by Crippen LogP contribution is -1.99. The first kappa shape index (κ1) is 19.5. The van der Waals surface area contributed by atoms with Crippen LogP contribution in [0.2, 0.25) is 0 Å². The first-order valence-electron chi connectivity index (χ1n) is 8.46. The molecule has 9 heteroatoms. The van der Waals surface area contributed by atoms with E-state index in [0.29, 0.717) is 12.4 Å². The van der Waals surface area contributed by atoms with Gasteiger partial charge in [-0.25, -0.2) is 9.78 Å².